The summed E-state index contributed by atoms with van der Waals surface area (Å²) in [6.07, 6.45) is 2.04. The van der Waals surface area contributed by atoms with Gasteiger partial charge >= 0.3 is 5.97 Å². The van der Waals surface area contributed by atoms with Crippen molar-refractivity contribution in [3.8, 4) is 17.2 Å². The van der Waals surface area contributed by atoms with Crippen molar-refractivity contribution in [1.82, 2.24) is 9.97 Å². The van der Waals surface area contributed by atoms with Crippen LogP contribution in [0, 0.1) is 0 Å². The third kappa shape index (κ3) is 5.75. The van der Waals surface area contributed by atoms with Crippen LogP contribution in [0.3, 0.4) is 0 Å². The number of fused-ring (bicyclic) bond motifs is 2. The number of aliphatic imine (C=N–C) groups is 1. The van der Waals surface area contributed by atoms with Crippen molar-refractivity contribution in [1.29, 1.82) is 0 Å². The first-order chi connectivity index (χ1) is 19.9. The Hall–Kier alpha value is -5.16. The Morgan fingerprint density at radius 3 is 2.44 bits per heavy atom. The van der Waals surface area contributed by atoms with E-state index in [0.717, 1.165) is 16.8 Å². The van der Waals surface area contributed by atoms with Gasteiger partial charge in [-0.25, -0.2) is 19.8 Å². The average molecular weight is 556 g/mol. The molecule has 1 aliphatic carbocycles. The van der Waals surface area contributed by atoms with Crippen molar-refractivity contribution in [2.75, 3.05) is 34.5 Å². The number of allylic oxidation sites excluding steroid dienone is 2. The summed E-state index contributed by atoms with van der Waals surface area (Å²) < 4.78 is 26.9. The maximum atomic E-state index is 13.1. The molecule has 1 heterocycles. The molecule has 0 saturated heterocycles. The molecule has 0 bridgehead atoms. The van der Waals surface area contributed by atoms with Crippen molar-refractivity contribution in [3.05, 3.63) is 72.3 Å². The van der Waals surface area contributed by atoms with Crippen molar-refractivity contribution in [3.63, 3.8) is 0 Å². The lowest BCUT2D eigenvalue weighted by molar-refractivity contribution is -0.118. The minimum atomic E-state index is -0.637. The number of aromatic nitrogens is 2. The summed E-state index contributed by atoms with van der Waals surface area (Å²) in [7, 11) is 4.32. The van der Waals surface area contributed by atoms with E-state index in [2.05, 4.69) is 15.0 Å². The van der Waals surface area contributed by atoms with Gasteiger partial charge in [0.2, 0.25) is 11.6 Å². The van der Waals surface area contributed by atoms with Gasteiger partial charge in [0.15, 0.2) is 23.1 Å². The van der Waals surface area contributed by atoms with Crippen LogP contribution in [0.5, 0.6) is 17.2 Å². The lowest BCUT2D eigenvalue weighted by Gasteiger charge is -2.16. The van der Waals surface area contributed by atoms with Crippen molar-refractivity contribution < 1.29 is 38.1 Å². The lowest BCUT2D eigenvalue weighted by atomic mass is 10.0. The summed E-state index contributed by atoms with van der Waals surface area (Å²) in [6, 6.07) is 13.9. The molecular formula is C30H25N3O8. The number of carbonyl (C=O) groups is 3. The number of methoxy groups -OCH3 is 3. The van der Waals surface area contributed by atoms with Crippen LogP contribution in [0.2, 0.25) is 0 Å². The second kappa shape index (κ2) is 11.9. The maximum absolute atomic E-state index is 13.1. The number of rotatable bonds is 9. The quantitative estimate of drug-likeness (QED) is 0.219. The number of hydrogen-bond donors (Lipinski definition) is 0. The fourth-order valence-corrected chi connectivity index (χ4v) is 4.26. The zero-order chi connectivity index (χ0) is 28.9. The molecule has 41 heavy (non-hydrogen) atoms. The zero-order valence-electron chi connectivity index (χ0n) is 22.5. The molecule has 0 fully saturated rings. The molecule has 0 aliphatic heterocycles. The molecule has 3 aromatic carbocycles. The second-order valence-corrected chi connectivity index (χ2v) is 8.88. The van der Waals surface area contributed by atoms with E-state index in [4.69, 9.17) is 23.7 Å². The number of esters is 1. The van der Waals surface area contributed by atoms with Gasteiger partial charge in [-0.05, 0) is 29.0 Å². The molecule has 1 aromatic heterocycles. The molecule has 11 heteroatoms. The summed E-state index contributed by atoms with van der Waals surface area (Å²) in [5.41, 5.74) is 0.612. The number of ether oxygens (including phenoxy) is 5. The Morgan fingerprint density at radius 1 is 0.927 bits per heavy atom. The van der Waals surface area contributed by atoms with Crippen LogP contribution in [-0.4, -0.2) is 67.8 Å². The molecule has 0 atom stereocenters. The molecule has 0 N–H and O–H groups in total. The first-order valence-corrected chi connectivity index (χ1v) is 12.5. The van der Waals surface area contributed by atoms with Gasteiger partial charge in [0, 0.05) is 24.6 Å². The van der Waals surface area contributed by atoms with Crippen LogP contribution in [0.25, 0.3) is 21.7 Å². The van der Waals surface area contributed by atoms with E-state index >= 15 is 0 Å². The Balaban J connectivity index is 1.46. The normalized spacial score (nSPS) is 14.3. The van der Waals surface area contributed by atoms with E-state index in [0.29, 0.717) is 35.6 Å². The monoisotopic (exact) mass is 555 g/mol. The molecular weight excluding hydrogens is 530 g/mol. The smallest absolute Gasteiger partial charge is 0.341 e. The van der Waals surface area contributed by atoms with E-state index in [-0.39, 0.29) is 35.0 Å². The SMILES string of the molecule is COCCOc1cc2ncnc(N=C3CC(=O)C(Oc4cc5ccccc5cc4C(=O)OC)=CC3=O)c2cc1OC. The summed E-state index contributed by atoms with van der Waals surface area (Å²) in [5, 5.41) is 2.07. The summed E-state index contributed by atoms with van der Waals surface area (Å²) in [4.78, 5) is 51.5. The van der Waals surface area contributed by atoms with E-state index in [1.165, 1.54) is 20.5 Å². The number of benzene rings is 3. The molecule has 0 saturated carbocycles. The topological polar surface area (TPSA) is 136 Å². The van der Waals surface area contributed by atoms with Crippen molar-refractivity contribution >= 4 is 50.7 Å². The highest BCUT2D eigenvalue weighted by molar-refractivity contribution is 6.50. The number of carbonyl (C=O) groups excluding carboxylic acids is 3. The lowest BCUT2D eigenvalue weighted by Crippen LogP contribution is -2.26. The third-order valence-corrected chi connectivity index (χ3v) is 6.31. The Morgan fingerprint density at radius 2 is 1.71 bits per heavy atom. The highest BCUT2D eigenvalue weighted by Crippen LogP contribution is 2.35. The van der Waals surface area contributed by atoms with Gasteiger partial charge < -0.3 is 23.7 Å². The molecule has 1 aliphatic rings. The molecule has 0 radical (unpaired) electrons. The standard InChI is InChI=1S/C30H25N3O8/c1-37-8-9-40-28-14-21-19(12-27(28)38-2)29(32-16-31-21)33-22-13-24(35)26(15-23(22)34)41-25-11-18-7-5-4-6-17(18)10-20(25)30(36)39-3/h4-7,10-12,14-16H,8-9,13H2,1-3H3. The molecule has 4 aromatic rings. The Bertz CT molecular complexity index is 1750. The van der Waals surface area contributed by atoms with Crippen LogP contribution < -0.4 is 14.2 Å². The summed E-state index contributed by atoms with van der Waals surface area (Å²) >= 11 is 0. The average Bonchev–Trinajstić information content (AvgIpc) is 2.98. The largest absolute Gasteiger partial charge is 0.493 e. The van der Waals surface area contributed by atoms with Crippen LogP contribution in [0.15, 0.2) is 71.7 Å². The molecule has 5 rings (SSSR count). The maximum Gasteiger partial charge on any atom is 0.341 e. The summed E-state index contributed by atoms with van der Waals surface area (Å²) in [6.45, 7) is 0.705. The second-order valence-electron chi connectivity index (χ2n) is 8.88. The number of hydrogen-bond acceptors (Lipinski definition) is 11. The molecule has 0 spiro atoms. The minimum absolute atomic E-state index is 0.0200. The van der Waals surface area contributed by atoms with Gasteiger partial charge in [0.25, 0.3) is 0 Å². The van der Waals surface area contributed by atoms with Crippen LogP contribution in [-0.2, 0) is 19.1 Å². The predicted octanol–water partition coefficient (Wildman–Crippen LogP) is 4.18. The van der Waals surface area contributed by atoms with E-state index in [1.807, 2.05) is 24.3 Å². The molecule has 0 amide bonds. The van der Waals surface area contributed by atoms with Gasteiger partial charge in [-0.1, -0.05) is 24.3 Å². The van der Waals surface area contributed by atoms with E-state index < -0.39 is 17.5 Å². The highest BCUT2D eigenvalue weighted by atomic mass is 16.5. The fraction of sp³-hybridized carbons (Fsp3) is 0.200. The third-order valence-electron chi connectivity index (χ3n) is 6.31. The highest BCUT2D eigenvalue weighted by Gasteiger charge is 2.28. The number of ketones is 2. The zero-order valence-corrected chi connectivity index (χ0v) is 22.5. The summed E-state index contributed by atoms with van der Waals surface area (Å²) in [5.74, 6) is -0.696. The van der Waals surface area contributed by atoms with E-state index in [1.54, 1.807) is 31.4 Å². The van der Waals surface area contributed by atoms with Gasteiger partial charge in [0.1, 0.15) is 24.2 Å². The first-order valence-electron chi connectivity index (χ1n) is 12.5. The number of nitrogens with zero attached hydrogens (tertiary/aromatic N) is 3. The molecule has 11 nitrogen and oxygen atoms in total. The van der Waals surface area contributed by atoms with Gasteiger partial charge in [-0.2, -0.15) is 0 Å². The minimum Gasteiger partial charge on any atom is -0.493 e. The van der Waals surface area contributed by atoms with Gasteiger partial charge in [-0.15, -0.1) is 0 Å². The first kappa shape index (κ1) is 27.4. The van der Waals surface area contributed by atoms with Crippen molar-refractivity contribution in [2.24, 2.45) is 4.99 Å². The number of Topliss-reactive ketones (excluding diaryl/α,β-unsaturated/α-hetero) is 1. The van der Waals surface area contributed by atoms with Gasteiger partial charge in [0.05, 0.1) is 38.5 Å². The van der Waals surface area contributed by atoms with Crippen LogP contribution in [0.1, 0.15) is 16.8 Å². The fourth-order valence-electron chi connectivity index (χ4n) is 4.26. The van der Waals surface area contributed by atoms with Crippen LogP contribution in [0.4, 0.5) is 5.82 Å². The van der Waals surface area contributed by atoms with Gasteiger partial charge in [-0.3, -0.25) is 9.59 Å². The van der Waals surface area contributed by atoms with Crippen LogP contribution >= 0.6 is 0 Å². The van der Waals surface area contributed by atoms with E-state index in [9.17, 15) is 14.4 Å². The Labute approximate surface area is 234 Å². The van der Waals surface area contributed by atoms with Crippen molar-refractivity contribution in [2.45, 2.75) is 6.42 Å². The predicted molar refractivity (Wildman–Crippen MR) is 149 cm³/mol. The molecule has 208 valence electrons. The Kier molecular flexibility index (Phi) is 7.97. The molecule has 0 unspecified atom stereocenters.